The van der Waals surface area contributed by atoms with Crippen LogP contribution in [0, 0.1) is 0 Å². The van der Waals surface area contributed by atoms with E-state index in [1.165, 1.54) is 29.7 Å². The van der Waals surface area contributed by atoms with Crippen LogP contribution in [-0.4, -0.2) is 21.2 Å². The zero-order chi connectivity index (χ0) is 17.0. The van der Waals surface area contributed by atoms with E-state index >= 15 is 0 Å². The van der Waals surface area contributed by atoms with Crippen molar-refractivity contribution < 1.29 is 0 Å². The summed E-state index contributed by atoms with van der Waals surface area (Å²) in [6.45, 7) is 0. The van der Waals surface area contributed by atoms with Crippen LogP contribution >= 0.6 is 0 Å². The Balaban J connectivity index is 1.79. The van der Waals surface area contributed by atoms with Gasteiger partial charge in [0, 0.05) is 0 Å². The van der Waals surface area contributed by atoms with E-state index in [2.05, 4.69) is 30.3 Å². The zero-order valence-electron chi connectivity index (χ0n) is 16.2. The van der Waals surface area contributed by atoms with Crippen molar-refractivity contribution >= 4 is 24.3 Å². The number of hydrogen-bond donors (Lipinski definition) is 0. The van der Waals surface area contributed by atoms with Crippen LogP contribution in [-0.2, 0) is 0 Å². The van der Waals surface area contributed by atoms with Gasteiger partial charge in [-0.25, -0.2) is 0 Å². The Kier molecular flexibility index (Phi) is 6.58. The maximum absolute atomic E-state index is 2.65. The first-order valence-corrected chi connectivity index (χ1v) is 20.2. The van der Waals surface area contributed by atoms with E-state index in [4.69, 9.17) is 0 Å². The van der Waals surface area contributed by atoms with Gasteiger partial charge in [0.1, 0.15) is 0 Å². The number of benzene rings is 1. The maximum atomic E-state index is 2.62. The fourth-order valence-corrected chi connectivity index (χ4v) is 39.3. The van der Waals surface area contributed by atoms with Crippen LogP contribution in [0.2, 0.25) is 10.4 Å². The van der Waals surface area contributed by atoms with Gasteiger partial charge in [-0.3, -0.25) is 0 Å². The molecule has 0 amide bonds. The van der Waals surface area contributed by atoms with E-state index in [9.17, 15) is 0 Å². The van der Waals surface area contributed by atoms with Gasteiger partial charge in [0.2, 0.25) is 0 Å². The average molecular weight is 534 g/mol. The van der Waals surface area contributed by atoms with E-state index in [1.807, 2.05) is 3.12 Å². The molecular formula is C24H38Pb. The Morgan fingerprint density at radius 3 is 1.20 bits per heavy atom. The molecule has 3 fully saturated rings. The molecule has 4 rings (SSSR count). The Morgan fingerprint density at radius 2 is 0.840 bits per heavy atom. The molecule has 0 atom stereocenters. The van der Waals surface area contributed by atoms with Crippen molar-refractivity contribution in [1.29, 1.82) is 0 Å². The van der Waals surface area contributed by atoms with E-state index < -0.39 is 21.2 Å². The first-order chi connectivity index (χ1) is 12.4. The number of rotatable bonds is 4. The molecule has 25 heavy (non-hydrogen) atoms. The van der Waals surface area contributed by atoms with Gasteiger partial charge < -0.3 is 0 Å². The summed E-state index contributed by atoms with van der Waals surface area (Å²) in [4.78, 5) is 0. The molecule has 0 aromatic heterocycles. The summed E-state index contributed by atoms with van der Waals surface area (Å²) >= 11 is -2.65. The molecule has 3 aliphatic carbocycles. The van der Waals surface area contributed by atoms with E-state index in [1.54, 1.807) is 77.0 Å². The molecule has 0 N–H and O–H groups in total. The fourth-order valence-electron chi connectivity index (χ4n) is 7.17. The van der Waals surface area contributed by atoms with Crippen LogP contribution in [0.3, 0.4) is 0 Å². The van der Waals surface area contributed by atoms with Crippen molar-refractivity contribution in [2.45, 2.75) is 107 Å². The van der Waals surface area contributed by atoms with Gasteiger partial charge in [-0.2, -0.15) is 0 Å². The van der Waals surface area contributed by atoms with Crippen LogP contribution in [0.5, 0.6) is 0 Å². The molecule has 0 unspecified atom stereocenters. The third-order valence-electron chi connectivity index (χ3n) is 8.12. The predicted molar refractivity (Wildman–Crippen MR) is 112 cm³/mol. The van der Waals surface area contributed by atoms with Crippen molar-refractivity contribution in [2.24, 2.45) is 0 Å². The molecule has 3 aliphatic rings. The monoisotopic (exact) mass is 534 g/mol. The molecule has 1 aromatic rings. The third kappa shape index (κ3) is 3.76. The normalized spacial score (nSPS) is 25.1. The minimum atomic E-state index is -2.65. The van der Waals surface area contributed by atoms with Crippen molar-refractivity contribution in [1.82, 2.24) is 0 Å². The van der Waals surface area contributed by atoms with E-state index in [-0.39, 0.29) is 0 Å². The van der Waals surface area contributed by atoms with E-state index in [0.717, 1.165) is 0 Å². The second kappa shape index (κ2) is 8.89. The molecule has 138 valence electrons. The van der Waals surface area contributed by atoms with Gasteiger partial charge in [-0.1, -0.05) is 0 Å². The average Bonchev–Trinajstić information content (AvgIpc) is 2.72. The zero-order valence-corrected chi connectivity index (χ0v) is 20.1. The van der Waals surface area contributed by atoms with Crippen molar-refractivity contribution in [3.8, 4) is 0 Å². The fraction of sp³-hybridized carbons (Fsp3) is 0.750. The van der Waals surface area contributed by atoms with Gasteiger partial charge in [-0.15, -0.1) is 0 Å². The second-order valence-electron chi connectivity index (χ2n) is 9.30. The Bertz CT molecular complexity index is 459. The molecule has 0 heterocycles. The molecule has 1 heteroatoms. The summed E-state index contributed by atoms with van der Waals surface area (Å²) in [5.41, 5.74) is 0. The van der Waals surface area contributed by atoms with Gasteiger partial charge in [0.25, 0.3) is 0 Å². The molecule has 0 aliphatic heterocycles. The first-order valence-electron chi connectivity index (χ1n) is 11.5. The van der Waals surface area contributed by atoms with Crippen molar-refractivity contribution in [3.63, 3.8) is 0 Å². The first kappa shape index (κ1) is 18.5. The second-order valence-corrected chi connectivity index (χ2v) is 28.3. The molecule has 0 bridgehead atoms. The molecule has 0 spiro atoms. The summed E-state index contributed by atoms with van der Waals surface area (Å²) < 4.78 is 5.49. The molecule has 0 saturated heterocycles. The van der Waals surface area contributed by atoms with Crippen LogP contribution in [0.1, 0.15) is 96.3 Å². The standard InChI is InChI=1S/3C6H11.C6H5.Pb/c4*1-2-4-6-5-3-1;/h3*1H,2-6H2;1-5H;. The summed E-state index contributed by atoms with van der Waals surface area (Å²) in [7, 11) is 0. The molecule has 0 radical (unpaired) electrons. The molecular weight excluding hydrogens is 495 g/mol. The van der Waals surface area contributed by atoms with Gasteiger partial charge in [0.05, 0.1) is 0 Å². The van der Waals surface area contributed by atoms with Gasteiger partial charge in [0.15, 0.2) is 0 Å². The number of hydrogen-bond acceptors (Lipinski definition) is 0. The van der Waals surface area contributed by atoms with Gasteiger partial charge in [-0.05, 0) is 0 Å². The molecule has 1 aromatic carbocycles. The van der Waals surface area contributed by atoms with Crippen molar-refractivity contribution in [2.75, 3.05) is 0 Å². The molecule has 3 saturated carbocycles. The van der Waals surface area contributed by atoms with Crippen molar-refractivity contribution in [3.05, 3.63) is 30.3 Å². The Labute approximate surface area is 160 Å². The van der Waals surface area contributed by atoms with Gasteiger partial charge >= 0.3 is 161 Å². The van der Waals surface area contributed by atoms with E-state index in [0.29, 0.717) is 0 Å². The summed E-state index contributed by atoms with van der Waals surface area (Å²) in [5.74, 6) is 0. The predicted octanol–water partition coefficient (Wildman–Crippen LogP) is 7.35. The summed E-state index contributed by atoms with van der Waals surface area (Å²) in [6, 6.07) is 12.3. The van der Waals surface area contributed by atoms with Crippen LogP contribution in [0.15, 0.2) is 30.3 Å². The summed E-state index contributed by atoms with van der Waals surface area (Å²) in [6.07, 6.45) is 23.4. The van der Waals surface area contributed by atoms with Crippen LogP contribution in [0.25, 0.3) is 0 Å². The van der Waals surface area contributed by atoms with Crippen LogP contribution in [0.4, 0.5) is 0 Å². The Morgan fingerprint density at radius 1 is 0.480 bits per heavy atom. The SMILES string of the molecule is c1cc[c]([Pb]([CH]2CCCCC2)([CH]2CCCCC2)[CH]2CCCCC2)cc1. The molecule has 0 nitrogen and oxygen atoms in total. The third-order valence-corrected chi connectivity index (χ3v) is 35.8. The summed E-state index contributed by atoms with van der Waals surface area (Å²) in [5, 5.41) is 0. The van der Waals surface area contributed by atoms with Crippen LogP contribution < -0.4 is 3.12 Å². The Hall–Kier alpha value is 0.142. The topological polar surface area (TPSA) is 0 Å². The minimum absolute atomic E-state index is 1.18. The quantitative estimate of drug-likeness (QED) is 0.355.